The molecule has 6 rings (SSSR count). The van der Waals surface area contributed by atoms with Gasteiger partial charge in [-0.3, -0.25) is 15.2 Å². The first-order valence-corrected chi connectivity index (χ1v) is 21.5. The van der Waals surface area contributed by atoms with Crippen molar-refractivity contribution in [2.24, 2.45) is 0 Å². The van der Waals surface area contributed by atoms with E-state index >= 15 is 0 Å². The topological polar surface area (TPSA) is 45.5 Å². The van der Waals surface area contributed by atoms with Gasteiger partial charge in [0.1, 0.15) is 6.04 Å². The van der Waals surface area contributed by atoms with Gasteiger partial charge in [-0.2, -0.15) is 0 Å². The molecule has 48 heavy (non-hydrogen) atoms. The molecule has 0 aromatic heterocycles. The lowest BCUT2D eigenvalue weighted by atomic mass is 10.1. The van der Waals surface area contributed by atoms with Gasteiger partial charge in [0.15, 0.2) is 0 Å². The number of nitrogens with zero attached hydrogens (tertiary/aromatic N) is 1. The Labute approximate surface area is 290 Å². The minimum absolute atomic E-state index is 0.0430. The van der Waals surface area contributed by atoms with Gasteiger partial charge in [-0.25, -0.2) is 0 Å². The molecule has 0 spiro atoms. The fraction of sp³-hybridized carbons (Fsp3) is 0.390. The van der Waals surface area contributed by atoms with Crippen molar-refractivity contribution in [3.8, 4) is 0 Å². The van der Waals surface area contributed by atoms with Crippen molar-refractivity contribution in [1.29, 1.82) is 0 Å². The van der Waals surface area contributed by atoms with Crippen LogP contribution in [0.5, 0.6) is 0 Å². The van der Waals surface area contributed by atoms with Crippen molar-refractivity contribution < 1.29 is 13.4 Å². The molecule has 4 aromatic rings. The highest BCUT2D eigenvalue weighted by Crippen LogP contribution is 2.38. The molecular weight excluding hydrogens is 623 g/mol. The molecule has 0 saturated carbocycles. The Bertz CT molecular complexity index is 1570. The van der Waals surface area contributed by atoms with Crippen LogP contribution < -0.4 is 31.4 Å². The molecule has 2 aliphatic rings. The average molecular weight is 677 g/mol. The summed E-state index contributed by atoms with van der Waals surface area (Å²) in [6.07, 6.45) is 2.06. The number of hydrogen-bond donors (Lipinski definition) is 2. The Balaban J connectivity index is 1.24. The Morgan fingerprint density at radius 1 is 0.583 bits per heavy atom. The second-order valence-corrected chi connectivity index (χ2v) is 24.1. The van der Waals surface area contributed by atoms with Crippen LogP contribution >= 0.6 is 0 Å². The van der Waals surface area contributed by atoms with Gasteiger partial charge in [-0.15, -0.1) is 0 Å². The smallest absolute Gasteiger partial charge is 0.346 e. The lowest BCUT2D eigenvalue weighted by Gasteiger charge is -2.44. The van der Waals surface area contributed by atoms with Crippen LogP contribution in [-0.4, -0.2) is 65.6 Å². The van der Waals surface area contributed by atoms with Gasteiger partial charge in [0.2, 0.25) is 0 Å². The third-order valence-electron chi connectivity index (χ3n) is 10.4. The summed E-state index contributed by atoms with van der Waals surface area (Å²) in [5.74, 6) is 1.12. The maximum Gasteiger partial charge on any atom is 0.346 e. The van der Waals surface area contributed by atoms with Crippen LogP contribution in [0.25, 0.3) is 0 Å². The molecule has 5 nitrogen and oxygen atoms in total. The molecule has 252 valence electrons. The Morgan fingerprint density at radius 2 is 0.979 bits per heavy atom. The van der Waals surface area contributed by atoms with E-state index in [0.29, 0.717) is 19.3 Å². The monoisotopic (exact) mass is 676 g/mol. The largest absolute Gasteiger partial charge is 0.404 e. The zero-order valence-corrected chi connectivity index (χ0v) is 31.7. The zero-order chi connectivity index (χ0) is 33.8. The zero-order valence-electron chi connectivity index (χ0n) is 29.7. The van der Waals surface area contributed by atoms with Crippen LogP contribution in [-0.2, 0) is 8.85 Å². The molecule has 2 heterocycles. The van der Waals surface area contributed by atoms with Crippen molar-refractivity contribution >= 4 is 43.3 Å². The second-order valence-electron chi connectivity index (χ2n) is 15.5. The summed E-state index contributed by atoms with van der Waals surface area (Å²) < 4.78 is 17.3. The minimum atomic E-state index is -2.61. The summed E-state index contributed by atoms with van der Waals surface area (Å²) in [7, 11) is -5.22. The quantitative estimate of drug-likeness (QED) is 0.179. The average Bonchev–Trinajstić information content (AvgIpc) is 3.09. The number of nitrogens with one attached hydrogen (secondary N) is 2. The fourth-order valence-electron chi connectivity index (χ4n) is 8.05. The molecule has 0 fully saturated rings. The highest BCUT2D eigenvalue weighted by Gasteiger charge is 2.52. The standard InChI is InChI=1S/C41H53N3O2Si2/c1-40(2,3)47(35-19-11-7-12-20-35,36-21-13-8-14-22-36)45-31-33-28-30-44-34(27-29-42-39(44)43-33)32-46-48(41(4,5)6,37-23-15-9-16-24-37)38-25-17-10-18-26-38/h7-26,33-34H,27-32H2,1-6H3,(H,42,43)/p+1/t33-,34-/m0/s1. The third kappa shape index (κ3) is 6.58. The summed E-state index contributed by atoms with van der Waals surface area (Å²) in [6.45, 7) is 17.4. The number of hydrogen-bond acceptors (Lipinski definition) is 4. The molecular formula is C41H54N3O2Si2+. The van der Waals surface area contributed by atoms with Crippen molar-refractivity contribution in [2.75, 3.05) is 26.3 Å². The van der Waals surface area contributed by atoms with Gasteiger partial charge < -0.3 is 8.85 Å². The summed E-state index contributed by atoms with van der Waals surface area (Å²) in [4.78, 5) is 0. The predicted molar refractivity (Wildman–Crippen MR) is 205 cm³/mol. The van der Waals surface area contributed by atoms with E-state index in [1.54, 1.807) is 0 Å². The van der Waals surface area contributed by atoms with Gasteiger partial charge in [-0.05, 0) is 30.8 Å². The lowest BCUT2D eigenvalue weighted by Crippen LogP contribution is -2.69. The molecule has 0 radical (unpaired) electrons. The molecule has 2 atom stereocenters. The molecule has 2 N–H and O–H groups in total. The van der Waals surface area contributed by atoms with E-state index in [4.69, 9.17) is 8.85 Å². The van der Waals surface area contributed by atoms with Crippen molar-refractivity contribution in [1.82, 2.24) is 10.6 Å². The first-order valence-electron chi connectivity index (χ1n) is 17.7. The van der Waals surface area contributed by atoms with Crippen LogP contribution in [0.2, 0.25) is 10.1 Å². The third-order valence-corrected chi connectivity index (χ3v) is 20.4. The number of rotatable bonds is 10. The van der Waals surface area contributed by atoms with E-state index < -0.39 is 16.6 Å². The van der Waals surface area contributed by atoms with Crippen molar-refractivity contribution in [3.63, 3.8) is 0 Å². The summed E-state index contributed by atoms with van der Waals surface area (Å²) in [6, 6.07) is 44.4. The van der Waals surface area contributed by atoms with Gasteiger partial charge in [0, 0.05) is 12.8 Å². The van der Waals surface area contributed by atoms with Crippen LogP contribution in [0.15, 0.2) is 121 Å². The van der Waals surface area contributed by atoms with Crippen LogP contribution in [0, 0.1) is 0 Å². The number of benzene rings is 4. The summed E-state index contributed by atoms with van der Waals surface area (Å²) >= 11 is 0. The Kier molecular flexibility index (Phi) is 10.1. The SMILES string of the molecule is CC(C)(C)[Si](OC[C@@H]1CC[N+]2=C(NCC[C@H]2CO[Si](c2ccccc2)(c2ccccc2)C(C)(C)C)N1)(c1ccccc1)c1ccccc1. The van der Waals surface area contributed by atoms with E-state index in [1.807, 2.05) is 0 Å². The fourth-order valence-corrected chi connectivity index (χ4v) is 17.3. The normalized spacial score (nSPS) is 18.9. The molecule has 0 saturated heterocycles. The van der Waals surface area contributed by atoms with Gasteiger partial charge in [-0.1, -0.05) is 163 Å². The maximum atomic E-state index is 7.42. The van der Waals surface area contributed by atoms with E-state index in [2.05, 4.69) is 178 Å². The van der Waals surface area contributed by atoms with E-state index in [-0.39, 0.29) is 16.1 Å². The first-order chi connectivity index (χ1) is 23.1. The van der Waals surface area contributed by atoms with Gasteiger partial charge in [0.05, 0.1) is 32.3 Å². The van der Waals surface area contributed by atoms with Gasteiger partial charge >= 0.3 is 5.96 Å². The first kappa shape index (κ1) is 34.4. The van der Waals surface area contributed by atoms with Crippen molar-refractivity contribution in [3.05, 3.63) is 121 Å². The Hall–Kier alpha value is -3.50. The van der Waals surface area contributed by atoms with Crippen LogP contribution in [0.3, 0.4) is 0 Å². The molecule has 2 aliphatic heterocycles. The number of guanidine groups is 1. The van der Waals surface area contributed by atoms with Crippen LogP contribution in [0.4, 0.5) is 0 Å². The summed E-state index contributed by atoms with van der Waals surface area (Å²) in [5, 5.41) is 12.8. The van der Waals surface area contributed by atoms with E-state index in [1.165, 1.54) is 20.7 Å². The van der Waals surface area contributed by atoms with Crippen molar-refractivity contribution in [2.45, 2.75) is 76.5 Å². The molecule has 0 amide bonds. The highest BCUT2D eigenvalue weighted by atomic mass is 28.4. The van der Waals surface area contributed by atoms with Gasteiger partial charge in [0.25, 0.3) is 16.6 Å². The Morgan fingerprint density at radius 3 is 1.38 bits per heavy atom. The maximum absolute atomic E-state index is 7.42. The predicted octanol–water partition coefficient (Wildman–Crippen LogP) is 5.23. The molecule has 0 unspecified atom stereocenters. The molecule has 0 aliphatic carbocycles. The van der Waals surface area contributed by atoms with E-state index in [9.17, 15) is 0 Å². The van der Waals surface area contributed by atoms with E-state index in [0.717, 1.165) is 31.9 Å². The molecule has 4 aromatic carbocycles. The molecule has 0 bridgehead atoms. The lowest BCUT2D eigenvalue weighted by molar-refractivity contribution is -0.581. The minimum Gasteiger partial charge on any atom is -0.404 e. The summed E-state index contributed by atoms with van der Waals surface area (Å²) in [5.41, 5.74) is 0. The molecule has 7 heteroatoms. The second kappa shape index (κ2) is 14.2. The highest BCUT2D eigenvalue weighted by molar-refractivity contribution is 7.00. The van der Waals surface area contributed by atoms with Crippen LogP contribution in [0.1, 0.15) is 54.4 Å².